The van der Waals surface area contributed by atoms with Crippen molar-refractivity contribution >= 4 is 40.4 Å². The van der Waals surface area contributed by atoms with E-state index < -0.39 is 24.5 Å². The maximum atomic E-state index is 13.0. The van der Waals surface area contributed by atoms with E-state index in [0.29, 0.717) is 0 Å². The van der Waals surface area contributed by atoms with E-state index in [2.05, 4.69) is 0 Å². The Morgan fingerprint density at radius 3 is 1.07 bits per heavy atom. The number of hydrogen-bond donors (Lipinski definition) is 0. The van der Waals surface area contributed by atoms with Gasteiger partial charge in [0.25, 0.3) is 0 Å². The fraction of sp³-hybridized carbons (Fsp3) is 0. The second kappa shape index (κ2) is 4.16. The van der Waals surface area contributed by atoms with Crippen LogP contribution in [0.1, 0.15) is 31.1 Å². The minimum absolute atomic E-state index is 0.215. The zero-order valence-electron chi connectivity index (χ0n) is 14.3. The van der Waals surface area contributed by atoms with E-state index in [0.717, 1.165) is 0 Å². The summed E-state index contributed by atoms with van der Waals surface area (Å²) in [6.45, 7) is -5.71. The molecule has 0 unspecified atom stereocenters. The van der Waals surface area contributed by atoms with Crippen LogP contribution in [0.3, 0.4) is 0 Å². The first-order valence-corrected chi connectivity index (χ1v) is 11.1. The third-order valence-electron chi connectivity index (χ3n) is 5.86. The summed E-state index contributed by atoms with van der Waals surface area (Å²) < 4.78 is 18.4. The zero-order valence-corrected chi connectivity index (χ0v) is 15.2. The van der Waals surface area contributed by atoms with Crippen LogP contribution in [0.5, 0.6) is 0 Å². The second-order valence-electron chi connectivity index (χ2n) is 7.07. The van der Waals surface area contributed by atoms with E-state index in [-0.39, 0.29) is 32.6 Å². The van der Waals surface area contributed by atoms with Crippen LogP contribution in [0.2, 0.25) is 0 Å². The normalized spacial score (nSPS) is 23.4. The van der Waals surface area contributed by atoms with Gasteiger partial charge in [-0.3, -0.25) is 0 Å². The fourth-order valence-corrected chi connectivity index (χ4v) is 11.4. The van der Waals surface area contributed by atoms with Gasteiger partial charge >= 0.3 is 158 Å². The predicted molar refractivity (Wildman–Crippen MR) is 101 cm³/mol. The average molecular weight is 391 g/mol. The summed E-state index contributed by atoms with van der Waals surface area (Å²) >= 11 is 0. The van der Waals surface area contributed by atoms with E-state index in [4.69, 9.17) is 13.6 Å². The van der Waals surface area contributed by atoms with Gasteiger partial charge in [-0.05, 0) is 0 Å². The summed E-state index contributed by atoms with van der Waals surface area (Å²) in [7, 11) is 0. The molecule has 3 heterocycles. The molecule has 0 saturated carbocycles. The van der Waals surface area contributed by atoms with Crippen molar-refractivity contribution in [3.05, 3.63) is 89.5 Å². The van der Waals surface area contributed by atoms with Gasteiger partial charge in [0.2, 0.25) is 0 Å². The molecule has 0 aromatic heterocycles. The SMILES string of the molecule is O=C1O[P-]23(OC(=O)c4ccccc42)(OC(=O)c2ccccc23)c2ccccc21. The standard InChI is InChI=1S/C21H12O6P/c22-19-13-7-1-4-10-16(13)28(25-19,17-11-5-2-8-14(17)20(23)26-28)18-12-6-3-9-15(18)21(24)27-28/h1-12H/q-1. The monoisotopic (exact) mass is 391 g/mol. The molecule has 0 N–H and O–H groups in total. The number of benzene rings is 3. The third-order valence-corrected chi connectivity index (χ3v) is 12.0. The van der Waals surface area contributed by atoms with Crippen LogP contribution in [0.15, 0.2) is 72.8 Å². The van der Waals surface area contributed by atoms with Crippen LogP contribution in [-0.2, 0) is 13.6 Å². The van der Waals surface area contributed by atoms with Crippen LogP contribution >= 0.6 is 6.63 Å². The molecule has 3 aromatic rings. The first-order chi connectivity index (χ1) is 13.5. The predicted octanol–water partition coefficient (Wildman–Crippen LogP) is 2.31. The summed E-state index contributed by atoms with van der Waals surface area (Å²) in [5.74, 6) is -2.08. The molecule has 0 aliphatic carbocycles. The molecule has 1 spiro atoms. The van der Waals surface area contributed by atoms with Gasteiger partial charge in [0.05, 0.1) is 0 Å². The van der Waals surface area contributed by atoms with Gasteiger partial charge < -0.3 is 0 Å². The van der Waals surface area contributed by atoms with Crippen LogP contribution < -0.4 is 15.9 Å². The van der Waals surface area contributed by atoms with Crippen molar-refractivity contribution in [3.8, 4) is 0 Å². The second-order valence-corrected chi connectivity index (χ2v) is 11.8. The summed E-state index contributed by atoms with van der Waals surface area (Å²) in [4.78, 5) is 39.1. The van der Waals surface area contributed by atoms with Crippen molar-refractivity contribution in [2.24, 2.45) is 0 Å². The minimum atomic E-state index is -5.71. The van der Waals surface area contributed by atoms with E-state index in [1.165, 1.54) is 0 Å². The van der Waals surface area contributed by atoms with Crippen LogP contribution in [-0.4, -0.2) is 17.9 Å². The number of fused-ring (bicyclic) bond motifs is 3. The van der Waals surface area contributed by atoms with E-state index in [9.17, 15) is 14.4 Å². The van der Waals surface area contributed by atoms with Crippen molar-refractivity contribution in [3.63, 3.8) is 0 Å². The Hall–Kier alpha value is -3.50. The topological polar surface area (TPSA) is 78.9 Å². The van der Waals surface area contributed by atoms with Gasteiger partial charge in [0, 0.05) is 0 Å². The van der Waals surface area contributed by atoms with Gasteiger partial charge in [-0.1, -0.05) is 0 Å². The Morgan fingerprint density at radius 2 is 0.750 bits per heavy atom. The Kier molecular flexibility index (Phi) is 2.31. The van der Waals surface area contributed by atoms with Crippen molar-refractivity contribution in [1.29, 1.82) is 0 Å². The average Bonchev–Trinajstić information content (AvgIpc) is 3.20. The van der Waals surface area contributed by atoms with E-state index >= 15 is 0 Å². The molecule has 0 bridgehead atoms. The van der Waals surface area contributed by atoms with Gasteiger partial charge in [-0.25, -0.2) is 0 Å². The number of carbonyl (C=O) groups is 3. The van der Waals surface area contributed by atoms with Gasteiger partial charge in [0.1, 0.15) is 0 Å². The quantitative estimate of drug-likeness (QED) is 0.548. The summed E-state index contributed by atoms with van der Waals surface area (Å²) in [5.41, 5.74) is 0.645. The molecule has 3 aromatic carbocycles. The number of carbonyl (C=O) groups excluding carboxylic acids is 3. The molecule has 0 saturated heterocycles. The molecule has 138 valence electrons. The fourth-order valence-electron chi connectivity index (χ4n) is 4.85. The van der Waals surface area contributed by atoms with Crippen molar-refractivity contribution in [2.45, 2.75) is 0 Å². The van der Waals surface area contributed by atoms with Crippen LogP contribution in [0, 0.1) is 0 Å². The molecular weight excluding hydrogens is 379 g/mol. The first kappa shape index (κ1) is 15.5. The van der Waals surface area contributed by atoms with Gasteiger partial charge in [0.15, 0.2) is 0 Å². The molecule has 0 atom stereocenters. The third kappa shape index (κ3) is 1.22. The molecule has 7 heteroatoms. The van der Waals surface area contributed by atoms with Crippen molar-refractivity contribution < 1.29 is 28.0 Å². The van der Waals surface area contributed by atoms with Crippen LogP contribution in [0.4, 0.5) is 0 Å². The molecule has 3 aliphatic heterocycles. The zero-order chi connectivity index (χ0) is 19.2. The van der Waals surface area contributed by atoms with Gasteiger partial charge in [-0.2, -0.15) is 0 Å². The molecular formula is C21H12O6P-. The van der Waals surface area contributed by atoms with E-state index in [1.807, 2.05) is 0 Å². The van der Waals surface area contributed by atoms with Crippen molar-refractivity contribution in [1.82, 2.24) is 0 Å². The summed E-state index contributed by atoms with van der Waals surface area (Å²) in [6.07, 6.45) is 0. The Morgan fingerprint density at radius 1 is 0.464 bits per heavy atom. The summed E-state index contributed by atoms with van der Waals surface area (Å²) in [6, 6.07) is 19.8. The van der Waals surface area contributed by atoms with Gasteiger partial charge in [-0.15, -0.1) is 0 Å². The molecule has 0 radical (unpaired) electrons. The molecule has 0 amide bonds. The number of hydrogen-bond acceptors (Lipinski definition) is 6. The van der Waals surface area contributed by atoms with Crippen LogP contribution in [0.25, 0.3) is 0 Å². The Labute approximate surface area is 158 Å². The molecule has 28 heavy (non-hydrogen) atoms. The Balaban J connectivity index is 1.98. The van der Waals surface area contributed by atoms with E-state index in [1.54, 1.807) is 72.8 Å². The maximum absolute atomic E-state index is 13.0. The van der Waals surface area contributed by atoms with Crippen molar-refractivity contribution in [2.75, 3.05) is 0 Å². The molecule has 6 rings (SSSR count). The first-order valence-electron chi connectivity index (χ1n) is 8.68. The molecule has 0 fully saturated rings. The number of rotatable bonds is 0. The molecule has 6 nitrogen and oxygen atoms in total. The summed E-state index contributed by atoms with van der Waals surface area (Å²) in [5, 5.41) is 0.859. The molecule has 3 aliphatic rings. The Bertz CT molecular complexity index is 1140.